The van der Waals surface area contributed by atoms with Gasteiger partial charge in [-0.3, -0.25) is 9.36 Å². The molecular formula is C13H19O4P. The Morgan fingerprint density at radius 1 is 1.28 bits per heavy atom. The molecule has 0 N–H and O–H groups in total. The number of hydrogen-bond donors (Lipinski definition) is 0. The fourth-order valence-corrected chi connectivity index (χ4v) is 1.93. The number of carbonyl (C=O) groups is 1. The van der Waals surface area contributed by atoms with Gasteiger partial charge in [0.05, 0.1) is 0 Å². The highest BCUT2D eigenvalue weighted by Crippen LogP contribution is 2.42. The van der Waals surface area contributed by atoms with Crippen molar-refractivity contribution in [1.82, 2.24) is 0 Å². The molecule has 0 amide bonds. The SMILES string of the molecule is COP(C)(=O)OCC(=O)CCCc1ccccc1. The van der Waals surface area contributed by atoms with Crippen molar-refractivity contribution in [2.75, 3.05) is 20.4 Å². The van der Waals surface area contributed by atoms with E-state index < -0.39 is 7.60 Å². The lowest BCUT2D eigenvalue weighted by Crippen LogP contribution is -2.08. The van der Waals surface area contributed by atoms with Crippen LogP contribution in [0, 0.1) is 0 Å². The van der Waals surface area contributed by atoms with Gasteiger partial charge in [-0.2, -0.15) is 0 Å². The minimum absolute atomic E-state index is 0.0509. The summed E-state index contributed by atoms with van der Waals surface area (Å²) in [4.78, 5) is 11.5. The lowest BCUT2D eigenvalue weighted by Gasteiger charge is -2.10. The van der Waals surface area contributed by atoms with E-state index in [1.54, 1.807) is 0 Å². The van der Waals surface area contributed by atoms with Crippen LogP contribution in [0.25, 0.3) is 0 Å². The Balaban J connectivity index is 2.20. The third-order valence-corrected chi connectivity index (χ3v) is 3.82. The van der Waals surface area contributed by atoms with Crippen molar-refractivity contribution in [3.8, 4) is 0 Å². The van der Waals surface area contributed by atoms with E-state index >= 15 is 0 Å². The summed E-state index contributed by atoms with van der Waals surface area (Å²) in [6, 6.07) is 9.99. The summed E-state index contributed by atoms with van der Waals surface area (Å²) in [6.45, 7) is 1.21. The summed E-state index contributed by atoms with van der Waals surface area (Å²) in [5.74, 6) is -0.0509. The molecule has 1 aromatic carbocycles. The monoisotopic (exact) mass is 270 g/mol. The maximum atomic E-state index is 11.5. The van der Waals surface area contributed by atoms with Crippen LogP contribution in [0.15, 0.2) is 30.3 Å². The van der Waals surface area contributed by atoms with E-state index in [4.69, 9.17) is 4.52 Å². The van der Waals surface area contributed by atoms with Crippen molar-refractivity contribution in [3.05, 3.63) is 35.9 Å². The fraction of sp³-hybridized carbons (Fsp3) is 0.462. The van der Waals surface area contributed by atoms with Gasteiger partial charge in [0.1, 0.15) is 6.61 Å². The van der Waals surface area contributed by atoms with Crippen LogP contribution in [0.5, 0.6) is 0 Å². The molecule has 0 aromatic heterocycles. The van der Waals surface area contributed by atoms with Gasteiger partial charge in [0.2, 0.25) is 0 Å². The van der Waals surface area contributed by atoms with Crippen LogP contribution in [0.4, 0.5) is 0 Å². The minimum Gasteiger partial charge on any atom is -0.312 e. The van der Waals surface area contributed by atoms with Crippen molar-refractivity contribution in [2.45, 2.75) is 19.3 Å². The molecule has 0 saturated carbocycles. The molecule has 1 unspecified atom stereocenters. The van der Waals surface area contributed by atoms with Gasteiger partial charge in [0.25, 0.3) is 0 Å². The molecule has 1 aromatic rings. The van der Waals surface area contributed by atoms with E-state index in [-0.39, 0.29) is 12.4 Å². The molecule has 5 heteroatoms. The van der Waals surface area contributed by atoms with E-state index in [9.17, 15) is 9.36 Å². The van der Waals surface area contributed by atoms with Crippen molar-refractivity contribution in [1.29, 1.82) is 0 Å². The second-order valence-electron chi connectivity index (χ2n) is 4.11. The topological polar surface area (TPSA) is 52.6 Å². The Bertz CT molecular complexity index is 416. The van der Waals surface area contributed by atoms with Crippen LogP contribution in [-0.4, -0.2) is 26.2 Å². The Morgan fingerprint density at radius 2 is 1.94 bits per heavy atom. The molecule has 18 heavy (non-hydrogen) atoms. The molecule has 1 atom stereocenters. The molecule has 0 aliphatic rings. The van der Waals surface area contributed by atoms with E-state index in [0.29, 0.717) is 6.42 Å². The van der Waals surface area contributed by atoms with Gasteiger partial charge < -0.3 is 9.05 Å². The molecule has 4 nitrogen and oxygen atoms in total. The highest BCUT2D eigenvalue weighted by molar-refractivity contribution is 7.52. The third-order valence-electron chi connectivity index (χ3n) is 2.56. The molecular weight excluding hydrogens is 251 g/mol. The Hall–Kier alpha value is -0.960. The first-order chi connectivity index (χ1) is 8.53. The molecule has 100 valence electrons. The third kappa shape index (κ3) is 6.10. The average Bonchev–Trinajstić information content (AvgIpc) is 2.38. The van der Waals surface area contributed by atoms with Crippen LogP contribution >= 0.6 is 7.60 Å². The van der Waals surface area contributed by atoms with Gasteiger partial charge in [-0.25, -0.2) is 0 Å². The van der Waals surface area contributed by atoms with Crippen LogP contribution in [0.3, 0.4) is 0 Å². The Labute approximate surface area is 108 Å². The maximum absolute atomic E-state index is 11.5. The zero-order valence-corrected chi connectivity index (χ0v) is 11.7. The lowest BCUT2D eigenvalue weighted by atomic mass is 10.1. The van der Waals surface area contributed by atoms with Crippen LogP contribution in [-0.2, 0) is 24.8 Å². The number of carbonyl (C=O) groups excluding carboxylic acids is 1. The summed E-state index contributed by atoms with van der Waals surface area (Å²) in [7, 11) is -1.73. The number of rotatable bonds is 8. The van der Waals surface area contributed by atoms with Crippen LogP contribution in [0.2, 0.25) is 0 Å². The number of hydrogen-bond acceptors (Lipinski definition) is 4. The minimum atomic E-state index is -3.04. The summed E-state index contributed by atoms with van der Waals surface area (Å²) in [6.07, 6.45) is 2.06. The molecule has 0 saturated heterocycles. The molecule has 0 heterocycles. The largest absolute Gasteiger partial charge is 0.327 e. The van der Waals surface area contributed by atoms with Crippen molar-refractivity contribution in [3.63, 3.8) is 0 Å². The van der Waals surface area contributed by atoms with Gasteiger partial charge in [0.15, 0.2) is 5.78 Å². The standard InChI is InChI=1S/C13H19O4P/c1-16-18(2,15)17-11-13(14)10-6-9-12-7-4-3-5-8-12/h3-5,7-8H,6,9-11H2,1-2H3. The highest BCUT2D eigenvalue weighted by atomic mass is 31.2. The molecule has 1 rings (SSSR count). The molecule has 0 bridgehead atoms. The average molecular weight is 270 g/mol. The number of ketones is 1. The Morgan fingerprint density at radius 3 is 2.56 bits per heavy atom. The molecule has 0 fully saturated rings. The fourth-order valence-electron chi connectivity index (χ4n) is 1.45. The maximum Gasteiger partial charge on any atom is 0.327 e. The predicted molar refractivity (Wildman–Crippen MR) is 70.9 cm³/mol. The van der Waals surface area contributed by atoms with E-state index in [0.717, 1.165) is 12.8 Å². The molecule has 0 aliphatic heterocycles. The Kier molecular flexibility index (Phi) is 6.27. The quantitative estimate of drug-likeness (QED) is 0.681. The lowest BCUT2D eigenvalue weighted by molar-refractivity contribution is -0.121. The normalized spacial score (nSPS) is 14.1. The zero-order chi connectivity index (χ0) is 13.4. The van der Waals surface area contributed by atoms with Gasteiger partial charge >= 0.3 is 7.60 Å². The first-order valence-electron chi connectivity index (χ1n) is 5.87. The highest BCUT2D eigenvalue weighted by Gasteiger charge is 2.16. The summed E-state index contributed by atoms with van der Waals surface area (Å²) in [5, 5.41) is 0. The number of benzene rings is 1. The van der Waals surface area contributed by atoms with Gasteiger partial charge in [-0.1, -0.05) is 30.3 Å². The van der Waals surface area contributed by atoms with Gasteiger partial charge in [-0.15, -0.1) is 0 Å². The second kappa shape index (κ2) is 7.47. The number of Topliss-reactive ketones (excluding diaryl/α,β-unsaturated/α-hetero) is 1. The summed E-state index contributed by atoms with van der Waals surface area (Å²) in [5.41, 5.74) is 1.21. The van der Waals surface area contributed by atoms with Crippen molar-refractivity contribution in [2.24, 2.45) is 0 Å². The molecule has 0 radical (unpaired) electrons. The summed E-state index contributed by atoms with van der Waals surface area (Å²) >= 11 is 0. The number of aryl methyl sites for hydroxylation is 1. The second-order valence-corrected chi connectivity index (χ2v) is 6.27. The van der Waals surface area contributed by atoms with Crippen molar-refractivity contribution >= 4 is 13.4 Å². The summed E-state index contributed by atoms with van der Waals surface area (Å²) < 4.78 is 21.0. The van der Waals surface area contributed by atoms with Crippen molar-refractivity contribution < 1.29 is 18.4 Å². The van der Waals surface area contributed by atoms with Crippen LogP contribution in [0.1, 0.15) is 18.4 Å². The molecule has 0 spiro atoms. The van der Waals surface area contributed by atoms with Gasteiger partial charge in [0, 0.05) is 20.2 Å². The zero-order valence-electron chi connectivity index (χ0n) is 10.8. The van der Waals surface area contributed by atoms with E-state index in [1.165, 1.54) is 19.3 Å². The van der Waals surface area contributed by atoms with E-state index in [2.05, 4.69) is 4.52 Å². The smallest absolute Gasteiger partial charge is 0.312 e. The molecule has 0 aliphatic carbocycles. The van der Waals surface area contributed by atoms with E-state index in [1.807, 2.05) is 30.3 Å². The first-order valence-corrected chi connectivity index (χ1v) is 7.86. The first kappa shape index (κ1) is 15.1. The van der Waals surface area contributed by atoms with Crippen LogP contribution < -0.4 is 0 Å². The van der Waals surface area contributed by atoms with Gasteiger partial charge in [-0.05, 0) is 18.4 Å². The predicted octanol–water partition coefficient (Wildman–Crippen LogP) is 3.06.